The van der Waals surface area contributed by atoms with E-state index in [1.165, 1.54) is 14.0 Å². The Labute approximate surface area is 170 Å². The Hall–Kier alpha value is -3.06. The summed E-state index contributed by atoms with van der Waals surface area (Å²) < 4.78 is 20.8. The van der Waals surface area contributed by atoms with E-state index in [1.54, 1.807) is 25.3 Å². The largest absolute Gasteiger partial charge is 0.493 e. The number of nitrogens with zero attached hydrogens (tertiary/aromatic N) is 1. The first-order valence-corrected chi connectivity index (χ1v) is 9.45. The first kappa shape index (κ1) is 22.2. The maximum absolute atomic E-state index is 11.7. The Kier molecular flexibility index (Phi) is 8.98. The third kappa shape index (κ3) is 7.83. The molecule has 1 aromatic heterocycles. The van der Waals surface area contributed by atoms with E-state index >= 15 is 0 Å². The van der Waals surface area contributed by atoms with Gasteiger partial charge in [0.2, 0.25) is 0 Å². The van der Waals surface area contributed by atoms with Gasteiger partial charge in [-0.1, -0.05) is 18.2 Å². The number of esters is 2. The van der Waals surface area contributed by atoms with Crippen LogP contribution >= 0.6 is 0 Å². The monoisotopic (exact) mass is 401 g/mol. The minimum absolute atomic E-state index is 0.216. The number of benzene rings is 1. The number of hydrogen-bond acceptors (Lipinski definition) is 7. The SMILES string of the molecule is CCOC(=O)CCN(CC=Cc1ccc(OC(C)=O)c(OC)c1)Cc1ccco1. The van der Waals surface area contributed by atoms with Gasteiger partial charge >= 0.3 is 11.9 Å². The highest BCUT2D eigenvalue weighted by Crippen LogP contribution is 2.28. The van der Waals surface area contributed by atoms with Crippen LogP contribution in [0.15, 0.2) is 47.1 Å². The number of rotatable bonds is 11. The average molecular weight is 401 g/mol. The van der Waals surface area contributed by atoms with E-state index in [2.05, 4.69) is 4.90 Å². The Balaban J connectivity index is 2.01. The number of hydrogen-bond donors (Lipinski definition) is 0. The van der Waals surface area contributed by atoms with Gasteiger partial charge in [-0.2, -0.15) is 0 Å². The van der Waals surface area contributed by atoms with Crippen LogP contribution in [0.1, 0.15) is 31.6 Å². The van der Waals surface area contributed by atoms with Crippen LogP contribution < -0.4 is 9.47 Å². The molecule has 0 unspecified atom stereocenters. The van der Waals surface area contributed by atoms with E-state index < -0.39 is 5.97 Å². The molecule has 1 aromatic carbocycles. The molecule has 0 spiro atoms. The fraction of sp³-hybridized carbons (Fsp3) is 0.364. The van der Waals surface area contributed by atoms with Crippen molar-refractivity contribution in [3.05, 3.63) is 54.0 Å². The zero-order valence-corrected chi connectivity index (χ0v) is 17.1. The molecule has 2 aromatic rings. The molecule has 29 heavy (non-hydrogen) atoms. The Morgan fingerprint density at radius 2 is 2.03 bits per heavy atom. The van der Waals surface area contributed by atoms with Crippen molar-refractivity contribution in [1.29, 1.82) is 0 Å². The molecule has 0 N–H and O–H groups in total. The zero-order chi connectivity index (χ0) is 21.1. The van der Waals surface area contributed by atoms with Crippen LogP contribution in [0.3, 0.4) is 0 Å². The minimum Gasteiger partial charge on any atom is -0.493 e. The molecule has 0 aliphatic rings. The second-order valence-electron chi connectivity index (χ2n) is 6.28. The van der Waals surface area contributed by atoms with Crippen LogP contribution in [0, 0.1) is 0 Å². The number of ether oxygens (including phenoxy) is 3. The van der Waals surface area contributed by atoms with E-state index in [0.717, 1.165) is 11.3 Å². The van der Waals surface area contributed by atoms with Crippen molar-refractivity contribution in [2.45, 2.75) is 26.8 Å². The molecule has 0 fully saturated rings. The summed E-state index contributed by atoms with van der Waals surface area (Å²) in [6.45, 7) is 5.28. The van der Waals surface area contributed by atoms with E-state index in [1.807, 2.05) is 30.4 Å². The lowest BCUT2D eigenvalue weighted by Gasteiger charge is -2.19. The molecule has 1 heterocycles. The van der Waals surface area contributed by atoms with Gasteiger partial charge in [-0.05, 0) is 36.8 Å². The van der Waals surface area contributed by atoms with E-state index in [-0.39, 0.29) is 5.97 Å². The van der Waals surface area contributed by atoms with Crippen molar-refractivity contribution in [3.63, 3.8) is 0 Å². The van der Waals surface area contributed by atoms with Crippen LogP contribution in [-0.4, -0.2) is 43.6 Å². The van der Waals surface area contributed by atoms with Crippen molar-refractivity contribution in [3.8, 4) is 11.5 Å². The normalized spacial score (nSPS) is 11.0. The van der Waals surface area contributed by atoms with Gasteiger partial charge in [0.25, 0.3) is 0 Å². The fourth-order valence-corrected chi connectivity index (χ4v) is 2.71. The predicted molar refractivity (Wildman–Crippen MR) is 109 cm³/mol. The second-order valence-corrected chi connectivity index (χ2v) is 6.28. The minimum atomic E-state index is -0.401. The van der Waals surface area contributed by atoms with Crippen LogP contribution in [0.4, 0.5) is 0 Å². The van der Waals surface area contributed by atoms with E-state index in [4.69, 9.17) is 18.6 Å². The highest BCUT2D eigenvalue weighted by Gasteiger charge is 2.11. The van der Waals surface area contributed by atoms with Crippen LogP contribution in [0.2, 0.25) is 0 Å². The molecular weight excluding hydrogens is 374 g/mol. The number of methoxy groups -OCH3 is 1. The van der Waals surface area contributed by atoms with E-state index in [0.29, 0.717) is 44.2 Å². The molecule has 156 valence electrons. The highest BCUT2D eigenvalue weighted by molar-refractivity contribution is 5.71. The van der Waals surface area contributed by atoms with Crippen LogP contribution in [0.5, 0.6) is 11.5 Å². The molecule has 7 nitrogen and oxygen atoms in total. The maximum Gasteiger partial charge on any atom is 0.308 e. The molecule has 0 saturated heterocycles. The van der Waals surface area contributed by atoms with Crippen molar-refractivity contribution in [2.24, 2.45) is 0 Å². The van der Waals surface area contributed by atoms with Crippen molar-refractivity contribution in [1.82, 2.24) is 4.90 Å². The first-order valence-electron chi connectivity index (χ1n) is 9.45. The summed E-state index contributed by atoms with van der Waals surface area (Å²) in [6.07, 6.45) is 5.88. The quantitative estimate of drug-likeness (QED) is 0.420. The molecular formula is C22H27NO6. The molecule has 0 aliphatic carbocycles. The van der Waals surface area contributed by atoms with Gasteiger partial charge in [-0.25, -0.2) is 0 Å². The van der Waals surface area contributed by atoms with Gasteiger partial charge in [0.05, 0.1) is 32.9 Å². The molecule has 7 heteroatoms. The first-order chi connectivity index (χ1) is 14.0. The van der Waals surface area contributed by atoms with Crippen molar-refractivity contribution in [2.75, 3.05) is 26.8 Å². The maximum atomic E-state index is 11.7. The smallest absolute Gasteiger partial charge is 0.308 e. The topological polar surface area (TPSA) is 78.2 Å². The molecule has 0 saturated carbocycles. The Bertz CT molecular complexity index is 813. The summed E-state index contributed by atoms with van der Waals surface area (Å²) in [5.41, 5.74) is 0.904. The molecule has 0 amide bonds. The highest BCUT2D eigenvalue weighted by atomic mass is 16.6. The Morgan fingerprint density at radius 3 is 2.69 bits per heavy atom. The summed E-state index contributed by atoms with van der Waals surface area (Å²) in [5, 5.41) is 0. The summed E-state index contributed by atoms with van der Waals surface area (Å²) in [6, 6.07) is 9.07. The fourth-order valence-electron chi connectivity index (χ4n) is 2.71. The molecule has 0 radical (unpaired) electrons. The van der Waals surface area contributed by atoms with Crippen LogP contribution in [-0.2, 0) is 20.9 Å². The summed E-state index contributed by atoms with van der Waals surface area (Å²) in [5.74, 6) is 1.08. The lowest BCUT2D eigenvalue weighted by atomic mass is 10.2. The summed E-state index contributed by atoms with van der Waals surface area (Å²) in [4.78, 5) is 24.9. The van der Waals surface area contributed by atoms with Gasteiger partial charge < -0.3 is 18.6 Å². The number of furan rings is 1. The second kappa shape index (κ2) is 11.7. The average Bonchev–Trinajstić information content (AvgIpc) is 3.20. The van der Waals surface area contributed by atoms with Gasteiger partial charge in [-0.3, -0.25) is 14.5 Å². The van der Waals surface area contributed by atoms with Gasteiger partial charge in [-0.15, -0.1) is 0 Å². The van der Waals surface area contributed by atoms with Crippen molar-refractivity contribution < 1.29 is 28.2 Å². The summed E-state index contributed by atoms with van der Waals surface area (Å²) in [7, 11) is 1.52. The molecule has 0 atom stereocenters. The van der Waals surface area contributed by atoms with Gasteiger partial charge in [0.15, 0.2) is 11.5 Å². The van der Waals surface area contributed by atoms with Crippen molar-refractivity contribution >= 4 is 18.0 Å². The molecule has 0 aliphatic heterocycles. The lowest BCUT2D eigenvalue weighted by Crippen LogP contribution is -2.26. The zero-order valence-electron chi connectivity index (χ0n) is 17.1. The van der Waals surface area contributed by atoms with Gasteiger partial charge in [0.1, 0.15) is 5.76 Å². The third-order valence-corrected chi connectivity index (χ3v) is 4.01. The lowest BCUT2D eigenvalue weighted by molar-refractivity contribution is -0.143. The van der Waals surface area contributed by atoms with E-state index in [9.17, 15) is 9.59 Å². The van der Waals surface area contributed by atoms with Crippen LogP contribution in [0.25, 0.3) is 6.08 Å². The molecule has 2 rings (SSSR count). The number of carbonyl (C=O) groups excluding carboxylic acids is 2. The number of carbonyl (C=O) groups is 2. The standard InChI is InChI=1S/C22H27NO6/c1-4-27-22(25)11-13-23(16-19-8-6-14-28-19)12-5-7-18-9-10-20(29-17(2)24)21(15-18)26-3/h5-10,14-15H,4,11-13,16H2,1-3H3. The molecule has 0 bridgehead atoms. The summed E-state index contributed by atoms with van der Waals surface area (Å²) >= 11 is 0. The Morgan fingerprint density at radius 1 is 1.21 bits per heavy atom. The predicted octanol–water partition coefficient (Wildman–Crippen LogP) is 3.68. The third-order valence-electron chi connectivity index (χ3n) is 4.01. The van der Waals surface area contributed by atoms with Gasteiger partial charge in [0, 0.05) is 20.0 Å².